The summed E-state index contributed by atoms with van der Waals surface area (Å²) in [5.74, 6) is 5.58. The number of nitrogens with one attached hydrogen (secondary N) is 1. The maximum absolute atomic E-state index is 5.58. The second kappa shape index (κ2) is 4.51. The SMILES string of the molecule is NNc1ccccc1-c1cccc2ccccc12. The van der Waals surface area contributed by atoms with Gasteiger partial charge >= 0.3 is 0 Å². The molecule has 0 amide bonds. The van der Waals surface area contributed by atoms with E-state index in [-0.39, 0.29) is 0 Å². The van der Waals surface area contributed by atoms with E-state index in [1.54, 1.807) is 0 Å². The van der Waals surface area contributed by atoms with E-state index in [4.69, 9.17) is 5.84 Å². The van der Waals surface area contributed by atoms with Crippen molar-refractivity contribution in [3.8, 4) is 11.1 Å². The highest BCUT2D eigenvalue weighted by molar-refractivity contribution is 5.99. The molecule has 0 fully saturated rings. The smallest absolute Gasteiger partial charge is 0.0563 e. The van der Waals surface area contributed by atoms with E-state index in [1.165, 1.54) is 16.3 Å². The van der Waals surface area contributed by atoms with Gasteiger partial charge in [0.2, 0.25) is 0 Å². The maximum atomic E-state index is 5.58. The Bertz CT molecular complexity index is 684. The third-order valence-electron chi connectivity index (χ3n) is 3.16. The topological polar surface area (TPSA) is 38.0 Å². The summed E-state index contributed by atoms with van der Waals surface area (Å²) in [6.07, 6.45) is 0. The molecular formula is C16H14N2. The molecule has 3 aromatic rings. The highest BCUT2D eigenvalue weighted by atomic mass is 15.2. The van der Waals surface area contributed by atoms with Crippen LogP contribution in [0.15, 0.2) is 66.7 Å². The van der Waals surface area contributed by atoms with Gasteiger partial charge in [-0.2, -0.15) is 0 Å². The lowest BCUT2D eigenvalue weighted by Crippen LogP contribution is -2.07. The molecule has 0 heterocycles. The average Bonchev–Trinajstić information content (AvgIpc) is 2.46. The predicted molar refractivity (Wildman–Crippen MR) is 77.2 cm³/mol. The van der Waals surface area contributed by atoms with Crippen molar-refractivity contribution in [1.82, 2.24) is 0 Å². The fraction of sp³-hybridized carbons (Fsp3) is 0. The van der Waals surface area contributed by atoms with Crippen LogP contribution in [0, 0.1) is 0 Å². The van der Waals surface area contributed by atoms with E-state index >= 15 is 0 Å². The van der Waals surface area contributed by atoms with Gasteiger partial charge in [-0.25, -0.2) is 0 Å². The monoisotopic (exact) mass is 234 g/mol. The quantitative estimate of drug-likeness (QED) is 0.523. The Kier molecular flexibility index (Phi) is 2.71. The number of hydrazine groups is 1. The molecule has 0 unspecified atom stereocenters. The molecule has 3 N–H and O–H groups in total. The first-order valence-electron chi connectivity index (χ1n) is 5.94. The van der Waals surface area contributed by atoms with Crippen molar-refractivity contribution in [2.45, 2.75) is 0 Å². The second-order valence-electron chi connectivity index (χ2n) is 4.22. The first-order valence-corrected chi connectivity index (χ1v) is 5.94. The number of benzene rings is 3. The van der Waals surface area contributed by atoms with Gasteiger partial charge in [0.05, 0.1) is 5.69 Å². The maximum Gasteiger partial charge on any atom is 0.0563 e. The number of nitrogens with two attached hydrogens (primary N) is 1. The fourth-order valence-corrected chi connectivity index (χ4v) is 2.30. The van der Waals surface area contributed by atoms with Gasteiger partial charge in [-0.05, 0) is 22.4 Å². The predicted octanol–water partition coefficient (Wildman–Crippen LogP) is 3.79. The molecule has 2 heteroatoms. The van der Waals surface area contributed by atoms with Gasteiger partial charge in [0.15, 0.2) is 0 Å². The van der Waals surface area contributed by atoms with Crippen LogP contribution >= 0.6 is 0 Å². The number of fused-ring (bicyclic) bond motifs is 1. The lowest BCUT2D eigenvalue weighted by molar-refractivity contribution is 1.35. The Morgan fingerprint density at radius 3 is 2.22 bits per heavy atom. The number of para-hydroxylation sites is 1. The molecule has 0 aliphatic carbocycles. The summed E-state index contributed by atoms with van der Waals surface area (Å²) < 4.78 is 0. The summed E-state index contributed by atoms with van der Waals surface area (Å²) in [7, 11) is 0. The molecule has 0 aliphatic rings. The molecule has 0 radical (unpaired) electrons. The summed E-state index contributed by atoms with van der Waals surface area (Å²) in [6, 6.07) is 22.8. The van der Waals surface area contributed by atoms with Crippen LogP contribution in [0.5, 0.6) is 0 Å². The minimum Gasteiger partial charge on any atom is -0.324 e. The third-order valence-corrected chi connectivity index (χ3v) is 3.16. The van der Waals surface area contributed by atoms with Gasteiger partial charge in [0.25, 0.3) is 0 Å². The van der Waals surface area contributed by atoms with Crippen LogP contribution in [-0.2, 0) is 0 Å². The molecule has 2 nitrogen and oxygen atoms in total. The normalized spacial score (nSPS) is 10.5. The standard InChI is InChI=1S/C16H14N2/c17-18-16-11-4-3-9-15(16)14-10-5-7-12-6-1-2-8-13(12)14/h1-11,18H,17H2. The van der Waals surface area contributed by atoms with Crippen LogP contribution in [0.3, 0.4) is 0 Å². The van der Waals surface area contributed by atoms with Crippen LogP contribution in [0.2, 0.25) is 0 Å². The van der Waals surface area contributed by atoms with Crippen LogP contribution in [0.1, 0.15) is 0 Å². The third kappa shape index (κ3) is 1.73. The van der Waals surface area contributed by atoms with Crippen molar-refractivity contribution in [3.63, 3.8) is 0 Å². The van der Waals surface area contributed by atoms with E-state index < -0.39 is 0 Å². The summed E-state index contributed by atoms with van der Waals surface area (Å²) in [5.41, 5.74) is 6.02. The molecule has 0 saturated carbocycles. The number of anilines is 1. The molecule has 18 heavy (non-hydrogen) atoms. The summed E-state index contributed by atoms with van der Waals surface area (Å²) >= 11 is 0. The van der Waals surface area contributed by atoms with Gasteiger partial charge in [-0.1, -0.05) is 60.7 Å². The van der Waals surface area contributed by atoms with Crippen LogP contribution < -0.4 is 11.3 Å². The number of hydrogen-bond acceptors (Lipinski definition) is 2. The van der Waals surface area contributed by atoms with Gasteiger partial charge < -0.3 is 5.43 Å². The van der Waals surface area contributed by atoms with Crippen molar-refractivity contribution in [2.75, 3.05) is 5.43 Å². The van der Waals surface area contributed by atoms with Crippen molar-refractivity contribution in [3.05, 3.63) is 66.7 Å². The van der Waals surface area contributed by atoms with E-state index in [0.717, 1.165) is 11.3 Å². The zero-order chi connectivity index (χ0) is 12.4. The fourth-order valence-electron chi connectivity index (χ4n) is 2.30. The van der Waals surface area contributed by atoms with E-state index in [2.05, 4.69) is 54.0 Å². The van der Waals surface area contributed by atoms with E-state index in [1.807, 2.05) is 18.2 Å². The van der Waals surface area contributed by atoms with Crippen LogP contribution in [-0.4, -0.2) is 0 Å². The van der Waals surface area contributed by atoms with E-state index in [9.17, 15) is 0 Å². The average molecular weight is 234 g/mol. The second-order valence-corrected chi connectivity index (χ2v) is 4.22. The molecule has 0 atom stereocenters. The largest absolute Gasteiger partial charge is 0.324 e. The first kappa shape index (κ1) is 10.8. The van der Waals surface area contributed by atoms with Crippen LogP contribution in [0.4, 0.5) is 5.69 Å². The van der Waals surface area contributed by atoms with Crippen molar-refractivity contribution in [2.24, 2.45) is 5.84 Å². The first-order chi connectivity index (χ1) is 8.90. The van der Waals surface area contributed by atoms with Gasteiger partial charge in [-0.3, -0.25) is 5.84 Å². The number of hydrogen-bond donors (Lipinski definition) is 2. The van der Waals surface area contributed by atoms with Gasteiger partial charge in [0.1, 0.15) is 0 Å². The molecule has 0 spiro atoms. The minimum absolute atomic E-state index is 0.939. The summed E-state index contributed by atoms with van der Waals surface area (Å²) in [5, 5.41) is 2.48. The Morgan fingerprint density at radius 1 is 0.667 bits per heavy atom. The van der Waals surface area contributed by atoms with Crippen LogP contribution in [0.25, 0.3) is 21.9 Å². The molecule has 0 saturated heterocycles. The molecule has 3 aromatic carbocycles. The van der Waals surface area contributed by atoms with E-state index in [0.29, 0.717) is 0 Å². The molecule has 88 valence electrons. The van der Waals surface area contributed by atoms with Gasteiger partial charge in [0, 0.05) is 5.56 Å². The van der Waals surface area contributed by atoms with Gasteiger partial charge in [-0.15, -0.1) is 0 Å². The van der Waals surface area contributed by atoms with Crippen molar-refractivity contribution in [1.29, 1.82) is 0 Å². The molecule has 0 aliphatic heterocycles. The molecule has 0 aromatic heterocycles. The zero-order valence-electron chi connectivity index (χ0n) is 9.93. The molecule has 0 bridgehead atoms. The lowest BCUT2D eigenvalue weighted by Gasteiger charge is -2.11. The highest BCUT2D eigenvalue weighted by Gasteiger charge is 2.06. The zero-order valence-corrected chi connectivity index (χ0v) is 9.93. The Labute approximate surface area is 106 Å². The number of rotatable bonds is 2. The summed E-state index contributed by atoms with van der Waals surface area (Å²) in [4.78, 5) is 0. The van der Waals surface area contributed by atoms with Crippen molar-refractivity contribution >= 4 is 16.5 Å². The van der Waals surface area contributed by atoms with Crippen molar-refractivity contribution < 1.29 is 0 Å². The molecule has 3 rings (SSSR count). The Balaban J connectivity index is 2.32. The Hall–Kier alpha value is -2.32. The minimum atomic E-state index is 0.939. The lowest BCUT2D eigenvalue weighted by atomic mass is 9.97. The summed E-state index contributed by atoms with van der Waals surface area (Å²) in [6.45, 7) is 0. The molecular weight excluding hydrogens is 220 g/mol. The number of nitrogen functional groups attached to an aromatic ring is 1. The Morgan fingerprint density at radius 2 is 1.33 bits per heavy atom. The highest BCUT2D eigenvalue weighted by Crippen LogP contribution is 2.32.